The van der Waals surface area contributed by atoms with Crippen molar-refractivity contribution in [2.75, 3.05) is 5.75 Å². The predicted octanol–water partition coefficient (Wildman–Crippen LogP) is 4.24. The molecule has 3 heteroatoms. The summed E-state index contributed by atoms with van der Waals surface area (Å²) >= 11 is 1.87. The second-order valence-electron chi connectivity index (χ2n) is 5.18. The second-order valence-corrected chi connectivity index (χ2v) is 6.21. The molecule has 0 atom stereocenters. The van der Waals surface area contributed by atoms with Crippen molar-refractivity contribution in [3.05, 3.63) is 45.8 Å². The van der Waals surface area contributed by atoms with Crippen molar-refractivity contribution in [3.8, 4) is 0 Å². The van der Waals surface area contributed by atoms with Gasteiger partial charge in [-0.15, -0.1) is 0 Å². The van der Waals surface area contributed by atoms with E-state index in [4.69, 9.17) is 4.42 Å². The van der Waals surface area contributed by atoms with Crippen LogP contribution in [-0.4, -0.2) is 5.75 Å². The molecule has 0 aliphatic heterocycles. The number of thioether (sulfide) groups is 1. The van der Waals surface area contributed by atoms with Gasteiger partial charge in [-0.25, -0.2) is 4.79 Å². The third kappa shape index (κ3) is 3.63. The average Bonchev–Trinajstić information content (AvgIpc) is 2.37. The molecule has 2 rings (SSSR count). The highest BCUT2D eigenvalue weighted by Crippen LogP contribution is 2.23. The lowest BCUT2D eigenvalue weighted by Crippen LogP contribution is -2.01. The Morgan fingerprint density at radius 2 is 2.05 bits per heavy atom. The normalized spacial score (nSPS) is 11.4. The van der Waals surface area contributed by atoms with Gasteiger partial charge in [-0.3, -0.25) is 0 Å². The van der Waals surface area contributed by atoms with Gasteiger partial charge in [0, 0.05) is 17.2 Å². The Morgan fingerprint density at radius 3 is 2.74 bits per heavy atom. The van der Waals surface area contributed by atoms with E-state index in [1.807, 2.05) is 17.8 Å². The highest BCUT2D eigenvalue weighted by molar-refractivity contribution is 7.98. The van der Waals surface area contributed by atoms with Gasteiger partial charge in [-0.1, -0.05) is 32.9 Å². The van der Waals surface area contributed by atoms with Gasteiger partial charge in [0.1, 0.15) is 5.58 Å². The number of aryl methyl sites for hydroxylation is 1. The fraction of sp³-hybridized carbons (Fsp3) is 0.438. The van der Waals surface area contributed by atoms with Crippen molar-refractivity contribution < 1.29 is 4.42 Å². The largest absolute Gasteiger partial charge is 0.423 e. The first-order valence-corrected chi connectivity index (χ1v) is 7.89. The van der Waals surface area contributed by atoms with E-state index in [1.165, 1.54) is 5.56 Å². The number of hydrogen-bond donors (Lipinski definition) is 0. The molecule has 1 aromatic heterocycles. The van der Waals surface area contributed by atoms with E-state index in [0.717, 1.165) is 28.9 Å². The van der Waals surface area contributed by atoms with Crippen LogP contribution in [0.25, 0.3) is 11.0 Å². The Labute approximate surface area is 118 Å². The van der Waals surface area contributed by atoms with Crippen LogP contribution in [0, 0.1) is 5.92 Å². The van der Waals surface area contributed by atoms with Crippen LogP contribution in [0.15, 0.2) is 33.5 Å². The number of hydrogen-bond acceptors (Lipinski definition) is 3. The summed E-state index contributed by atoms with van der Waals surface area (Å²) in [5.41, 5.74) is 2.75. The van der Waals surface area contributed by atoms with E-state index < -0.39 is 0 Å². The molecule has 1 heterocycles. The molecule has 0 N–H and O–H groups in total. The molecule has 0 bridgehead atoms. The SMILES string of the molecule is CCc1ccc2c(CSCC(C)C)cc(=O)oc2c1. The molecule has 0 saturated heterocycles. The summed E-state index contributed by atoms with van der Waals surface area (Å²) in [7, 11) is 0. The summed E-state index contributed by atoms with van der Waals surface area (Å²) in [5.74, 6) is 2.64. The summed E-state index contributed by atoms with van der Waals surface area (Å²) < 4.78 is 5.31. The minimum atomic E-state index is -0.249. The Bertz CT molecular complexity index is 614. The van der Waals surface area contributed by atoms with Crippen molar-refractivity contribution in [3.63, 3.8) is 0 Å². The van der Waals surface area contributed by atoms with Crippen LogP contribution in [-0.2, 0) is 12.2 Å². The smallest absolute Gasteiger partial charge is 0.336 e. The van der Waals surface area contributed by atoms with Crippen LogP contribution >= 0.6 is 11.8 Å². The van der Waals surface area contributed by atoms with Crippen LogP contribution in [0.4, 0.5) is 0 Å². The highest BCUT2D eigenvalue weighted by Gasteiger charge is 2.07. The zero-order valence-corrected chi connectivity index (χ0v) is 12.5. The van der Waals surface area contributed by atoms with Crippen molar-refractivity contribution in [2.24, 2.45) is 5.92 Å². The molecule has 0 aliphatic carbocycles. The van der Waals surface area contributed by atoms with Crippen molar-refractivity contribution in [1.29, 1.82) is 0 Å². The topological polar surface area (TPSA) is 30.2 Å². The van der Waals surface area contributed by atoms with Gasteiger partial charge in [-0.05, 0) is 35.3 Å². The second kappa shape index (κ2) is 6.29. The van der Waals surface area contributed by atoms with E-state index in [2.05, 4.69) is 32.9 Å². The fourth-order valence-electron chi connectivity index (χ4n) is 2.02. The molecule has 0 radical (unpaired) electrons. The summed E-state index contributed by atoms with van der Waals surface area (Å²) in [6.45, 7) is 6.51. The zero-order chi connectivity index (χ0) is 13.8. The molecule has 19 heavy (non-hydrogen) atoms. The van der Waals surface area contributed by atoms with Gasteiger partial charge in [0.25, 0.3) is 0 Å². The zero-order valence-electron chi connectivity index (χ0n) is 11.7. The first-order chi connectivity index (χ1) is 9.10. The number of fused-ring (bicyclic) bond motifs is 1. The van der Waals surface area contributed by atoms with Gasteiger partial charge >= 0.3 is 5.63 Å². The van der Waals surface area contributed by atoms with E-state index in [9.17, 15) is 4.79 Å². The maximum atomic E-state index is 11.6. The van der Waals surface area contributed by atoms with Crippen molar-refractivity contribution in [1.82, 2.24) is 0 Å². The van der Waals surface area contributed by atoms with Crippen molar-refractivity contribution in [2.45, 2.75) is 32.9 Å². The monoisotopic (exact) mass is 276 g/mol. The van der Waals surface area contributed by atoms with Crippen LogP contribution in [0.3, 0.4) is 0 Å². The maximum absolute atomic E-state index is 11.6. The van der Waals surface area contributed by atoms with E-state index >= 15 is 0 Å². The van der Waals surface area contributed by atoms with E-state index in [-0.39, 0.29) is 5.63 Å². The molecule has 0 spiro atoms. The van der Waals surface area contributed by atoms with Crippen LogP contribution in [0.1, 0.15) is 31.9 Å². The van der Waals surface area contributed by atoms with Crippen molar-refractivity contribution >= 4 is 22.7 Å². The molecule has 0 saturated carbocycles. The van der Waals surface area contributed by atoms with Crippen LogP contribution in [0.5, 0.6) is 0 Å². The Morgan fingerprint density at radius 1 is 1.26 bits per heavy atom. The van der Waals surface area contributed by atoms with Gasteiger partial charge < -0.3 is 4.42 Å². The lowest BCUT2D eigenvalue weighted by molar-refractivity contribution is 0.559. The number of rotatable bonds is 5. The van der Waals surface area contributed by atoms with Crippen LogP contribution < -0.4 is 5.63 Å². The molecule has 0 aliphatic rings. The Hall–Kier alpha value is -1.22. The predicted molar refractivity (Wildman–Crippen MR) is 82.9 cm³/mol. The molecule has 0 fully saturated rings. The third-order valence-electron chi connectivity index (χ3n) is 3.01. The van der Waals surface area contributed by atoms with Gasteiger partial charge in [-0.2, -0.15) is 11.8 Å². The van der Waals surface area contributed by atoms with Gasteiger partial charge in [0.05, 0.1) is 0 Å². The van der Waals surface area contributed by atoms with E-state index in [0.29, 0.717) is 11.5 Å². The quantitative estimate of drug-likeness (QED) is 0.765. The minimum Gasteiger partial charge on any atom is -0.423 e. The van der Waals surface area contributed by atoms with Crippen LogP contribution in [0.2, 0.25) is 0 Å². The standard InChI is InChI=1S/C16H20O2S/c1-4-12-5-6-14-13(10-19-9-11(2)3)8-16(17)18-15(14)7-12/h5-8,11H,4,9-10H2,1-3H3. The molecule has 2 nitrogen and oxygen atoms in total. The molecule has 2 aromatic rings. The molecular formula is C16H20O2S. The molecule has 1 aromatic carbocycles. The number of benzene rings is 1. The average molecular weight is 276 g/mol. The third-order valence-corrected chi connectivity index (χ3v) is 4.43. The van der Waals surface area contributed by atoms with Gasteiger partial charge in [0.2, 0.25) is 0 Å². The molecule has 102 valence electrons. The summed E-state index contributed by atoms with van der Waals surface area (Å²) in [6, 6.07) is 7.79. The minimum absolute atomic E-state index is 0.249. The molecule has 0 amide bonds. The molecular weight excluding hydrogens is 256 g/mol. The summed E-state index contributed by atoms with van der Waals surface area (Å²) in [4.78, 5) is 11.6. The first kappa shape index (κ1) is 14.2. The highest BCUT2D eigenvalue weighted by atomic mass is 32.2. The summed E-state index contributed by atoms with van der Waals surface area (Å²) in [6.07, 6.45) is 0.950. The molecule has 0 unspecified atom stereocenters. The summed E-state index contributed by atoms with van der Waals surface area (Å²) in [5, 5.41) is 1.06. The maximum Gasteiger partial charge on any atom is 0.336 e. The lowest BCUT2D eigenvalue weighted by atomic mass is 10.1. The van der Waals surface area contributed by atoms with Gasteiger partial charge in [0.15, 0.2) is 0 Å². The lowest BCUT2D eigenvalue weighted by Gasteiger charge is -2.08. The Balaban J connectivity index is 2.34. The van der Waals surface area contributed by atoms with E-state index in [1.54, 1.807) is 6.07 Å². The first-order valence-electron chi connectivity index (χ1n) is 6.73. The Kier molecular flexibility index (Phi) is 4.70. The fourth-order valence-corrected chi connectivity index (χ4v) is 3.07.